The normalized spacial score (nSPS) is 11.3. The topological polar surface area (TPSA) is 17.1 Å². The van der Waals surface area contributed by atoms with Gasteiger partial charge < -0.3 is 0 Å². The number of carbonyl (C=O) groups is 1. The van der Waals surface area contributed by atoms with E-state index in [1.54, 1.807) is 0 Å². The van der Waals surface area contributed by atoms with E-state index in [0.717, 1.165) is 17.4 Å². The summed E-state index contributed by atoms with van der Waals surface area (Å²) < 4.78 is 0. The van der Waals surface area contributed by atoms with Crippen LogP contribution in [0.1, 0.15) is 12.0 Å². The molecule has 0 aliphatic carbocycles. The summed E-state index contributed by atoms with van der Waals surface area (Å²) >= 11 is 5.54. The van der Waals surface area contributed by atoms with Gasteiger partial charge in [0.05, 0.1) is 0 Å². The van der Waals surface area contributed by atoms with Crippen molar-refractivity contribution >= 4 is 24.0 Å². The molecule has 0 aromatic heterocycles. The minimum atomic E-state index is 0.484. The highest BCUT2D eigenvalue weighted by Gasteiger charge is 1.94. The van der Waals surface area contributed by atoms with Crippen LogP contribution in [0, 0.1) is 0 Å². The summed E-state index contributed by atoms with van der Waals surface area (Å²) in [7, 11) is 0. The van der Waals surface area contributed by atoms with E-state index in [1.165, 1.54) is 0 Å². The summed E-state index contributed by atoms with van der Waals surface area (Å²) in [6, 6.07) is 9.73. The van der Waals surface area contributed by atoms with E-state index >= 15 is 0 Å². The first-order valence-corrected chi connectivity index (χ1v) is 4.67. The molecule has 0 N–H and O–H groups in total. The molecule has 0 spiro atoms. The fourth-order valence-corrected chi connectivity index (χ4v) is 1.26. The van der Waals surface area contributed by atoms with Crippen LogP contribution in [-0.2, 0) is 4.79 Å². The standard InChI is InChI=1S/C11H11ClO/c12-7-6-11(9-13)8-10-4-2-1-3-5-10/h1-5,8-9H,6-7H2/b11-8-. The summed E-state index contributed by atoms with van der Waals surface area (Å²) in [6.45, 7) is 0. The van der Waals surface area contributed by atoms with E-state index < -0.39 is 0 Å². The minimum absolute atomic E-state index is 0.484. The van der Waals surface area contributed by atoms with Crippen LogP contribution < -0.4 is 0 Å². The van der Waals surface area contributed by atoms with Crippen molar-refractivity contribution in [2.45, 2.75) is 6.42 Å². The lowest BCUT2D eigenvalue weighted by Gasteiger charge is -1.96. The molecule has 1 aromatic carbocycles. The number of alkyl halides is 1. The Hall–Kier alpha value is -1.08. The number of benzene rings is 1. The van der Waals surface area contributed by atoms with Crippen LogP contribution in [0.3, 0.4) is 0 Å². The fraction of sp³-hybridized carbons (Fsp3) is 0.182. The highest BCUT2D eigenvalue weighted by Crippen LogP contribution is 2.08. The Morgan fingerprint density at radius 1 is 1.31 bits per heavy atom. The second-order valence-corrected chi connectivity index (χ2v) is 3.06. The second-order valence-electron chi connectivity index (χ2n) is 2.69. The summed E-state index contributed by atoms with van der Waals surface area (Å²) in [4.78, 5) is 10.6. The maximum absolute atomic E-state index is 10.6. The van der Waals surface area contributed by atoms with E-state index in [9.17, 15) is 4.79 Å². The molecule has 1 rings (SSSR count). The number of hydrogen-bond donors (Lipinski definition) is 0. The quantitative estimate of drug-likeness (QED) is 0.409. The lowest BCUT2D eigenvalue weighted by atomic mass is 10.1. The lowest BCUT2D eigenvalue weighted by Crippen LogP contribution is -1.86. The average molecular weight is 195 g/mol. The molecule has 0 radical (unpaired) electrons. The van der Waals surface area contributed by atoms with Crippen molar-refractivity contribution in [3.05, 3.63) is 41.5 Å². The Labute approximate surface area is 83.0 Å². The highest BCUT2D eigenvalue weighted by molar-refractivity contribution is 6.18. The van der Waals surface area contributed by atoms with Crippen molar-refractivity contribution in [2.75, 3.05) is 5.88 Å². The smallest absolute Gasteiger partial charge is 0.146 e. The van der Waals surface area contributed by atoms with Gasteiger partial charge in [0.25, 0.3) is 0 Å². The van der Waals surface area contributed by atoms with Crippen molar-refractivity contribution < 1.29 is 4.79 Å². The molecule has 13 heavy (non-hydrogen) atoms. The first-order valence-electron chi connectivity index (χ1n) is 4.13. The monoisotopic (exact) mass is 194 g/mol. The van der Waals surface area contributed by atoms with E-state index in [2.05, 4.69) is 0 Å². The Bertz CT molecular complexity index is 290. The van der Waals surface area contributed by atoms with Crippen molar-refractivity contribution in [3.63, 3.8) is 0 Å². The Kier molecular flexibility index (Phi) is 4.27. The second kappa shape index (κ2) is 5.55. The number of rotatable bonds is 4. The number of carbonyl (C=O) groups excluding carboxylic acids is 1. The third kappa shape index (κ3) is 3.43. The van der Waals surface area contributed by atoms with Gasteiger partial charge in [-0.2, -0.15) is 0 Å². The maximum atomic E-state index is 10.6. The highest BCUT2D eigenvalue weighted by atomic mass is 35.5. The van der Waals surface area contributed by atoms with Crippen molar-refractivity contribution in [1.82, 2.24) is 0 Å². The summed E-state index contributed by atoms with van der Waals surface area (Å²) in [5, 5.41) is 0. The van der Waals surface area contributed by atoms with Gasteiger partial charge in [0, 0.05) is 5.88 Å². The van der Waals surface area contributed by atoms with Gasteiger partial charge in [-0.3, -0.25) is 4.79 Å². The predicted octanol–water partition coefficient (Wildman–Crippen LogP) is 2.90. The van der Waals surface area contributed by atoms with E-state index in [0.29, 0.717) is 12.3 Å². The molecule has 0 saturated heterocycles. The van der Waals surface area contributed by atoms with Gasteiger partial charge in [-0.1, -0.05) is 30.3 Å². The molecule has 0 fully saturated rings. The van der Waals surface area contributed by atoms with Crippen LogP contribution in [-0.4, -0.2) is 12.2 Å². The van der Waals surface area contributed by atoms with Gasteiger partial charge in [0.1, 0.15) is 6.29 Å². The molecular weight excluding hydrogens is 184 g/mol. The van der Waals surface area contributed by atoms with Crippen LogP contribution in [0.5, 0.6) is 0 Å². The molecule has 0 heterocycles. The average Bonchev–Trinajstić information content (AvgIpc) is 2.19. The zero-order chi connectivity index (χ0) is 9.52. The Morgan fingerprint density at radius 3 is 2.54 bits per heavy atom. The third-order valence-electron chi connectivity index (χ3n) is 1.69. The molecule has 0 unspecified atom stereocenters. The van der Waals surface area contributed by atoms with Gasteiger partial charge >= 0.3 is 0 Å². The Morgan fingerprint density at radius 2 is 2.00 bits per heavy atom. The van der Waals surface area contributed by atoms with Crippen molar-refractivity contribution in [1.29, 1.82) is 0 Å². The zero-order valence-electron chi connectivity index (χ0n) is 7.24. The first kappa shape index (κ1) is 10.0. The molecule has 2 heteroatoms. The number of allylic oxidation sites excluding steroid dienone is 1. The number of aldehydes is 1. The molecule has 0 saturated carbocycles. The van der Waals surface area contributed by atoms with Gasteiger partial charge in [0.15, 0.2) is 0 Å². The Balaban J connectivity index is 2.79. The summed E-state index contributed by atoms with van der Waals surface area (Å²) in [6.07, 6.45) is 3.34. The molecule has 0 amide bonds. The van der Waals surface area contributed by atoms with Gasteiger partial charge in [0.2, 0.25) is 0 Å². The predicted molar refractivity (Wildman–Crippen MR) is 55.8 cm³/mol. The molecule has 1 aromatic rings. The van der Waals surface area contributed by atoms with Gasteiger partial charge in [-0.25, -0.2) is 0 Å². The summed E-state index contributed by atoms with van der Waals surface area (Å²) in [5.41, 5.74) is 1.77. The van der Waals surface area contributed by atoms with Gasteiger partial charge in [-0.05, 0) is 23.6 Å². The van der Waals surface area contributed by atoms with Crippen molar-refractivity contribution in [2.24, 2.45) is 0 Å². The van der Waals surface area contributed by atoms with Crippen LogP contribution in [0.15, 0.2) is 35.9 Å². The molecule has 1 nitrogen and oxygen atoms in total. The molecule has 0 aliphatic heterocycles. The van der Waals surface area contributed by atoms with E-state index in [-0.39, 0.29) is 0 Å². The van der Waals surface area contributed by atoms with Crippen LogP contribution in [0.2, 0.25) is 0 Å². The SMILES string of the molecule is O=C/C(=C\c1ccccc1)CCCl. The zero-order valence-corrected chi connectivity index (χ0v) is 8.00. The van der Waals surface area contributed by atoms with Crippen LogP contribution in [0.4, 0.5) is 0 Å². The van der Waals surface area contributed by atoms with E-state index in [4.69, 9.17) is 11.6 Å². The minimum Gasteiger partial charge on any atom is -0.298 e. The maximum Gasteiger partial charge on any atom is 0.146 e. The largest absolute Gasteiger partial charge is 0.298 e. The molecule has 0 atom stereocenters. The lowest BCUT2D eigenvalue weighted by molar-refractivity contribution is -0.104. The molecule has 0 aliphatic rings. The van der Waals surface area contributed by atoms with Crippen LogP contribution >= 0.6 is 11.6 Å². The van der Waals surface area contributed by atoms with Crippen LogP contribution in [0.25, 0.3) is 6.08 Å². The number of hydrogen-bond acceptors (Lipinski definition) is 1. The number of halogens is 1. The molecule has 0 bridgehead atoms. The van der Waals surface area contributed by atoms with Crippen molar-refractivity contribution in [3.8, 4) is 0 Å². The molecule has 68 valence electrons. The third-order valence-corrected chi connectivity index (χ3v) is 1.88. The fourth-order valence-electron chi connectivity index (χ4n) is 1.04. The van der Waals surface area contributed by atoms with E-state index in [1.807, 2.05) is 36.4 Å². The summed E-state index contributed by atoms with van der Waals surface area (Å²) in [5.74, 6) is 0.484. The molecular formula is C11H11ClO. The van der Waals surface area contributed by atoms with Gasteiger partial charge in [-0.15, -0.1) is 11.6 Å². The first-order chi connectivity index (χ1) is 6.36.